The zero-order valence-corrected chi connectivity index (χ0v) is 10.5. The minimum absolute atomic E-state index is 0. The molecular formula is C6H16ClNO9S. The number of hydrogen-bond acceptors (Lipinski definition) is 8. The maximum Gasteiger partial charge on any atom is 0.394 e. The van der Waals surface area contributed by atoms with E-state index in [1.807, 2.05) is 0 Å². The van der Waals surface area contributed by atoms with E-state index in [2.05, 4.69) is 0 Å². The van der Waals surface area contributed by atoms with Crippen LogP contribution in [0.5, 0.6) is 0 Å². The number of aliphatic hydroxyl groups excluding tert-OH is 4. The third-order valence-corrected chi connectivity index (χ3v) is 1.95. The first-order valence-corrected chi connectivity index (χ1v) is 5.73. The summed E-state index contributed by atoms with van der Waals surface area (Å²) in [4.78, 5) is 0. The van der Waals surface area contributed by atoms with Crippen LogP contribution in [-0.2, 0) is 15.1 Å². The van der Waals surface area contributed by atoms with Crippen LogP contribution in [0.4, 0.5) is 0 Å². The van der Waals surface area contributed by atoms with Crippen LogP contribution >= 0.6 is 12.4 Å². The largest absolute Gasteiger partial charge is 0.394 e. The molecule has 1 heterocycles. The molecule has 18 heavy (non-hydrogen) atoms. The van der Waals surface area contributed by atoms with E-state index in [4.69, 9.17) is 38.2 Å². The third-order valence-electron chi connectivity index (χ3n) is 1.95. The molecule has 0 aromatic heterocycles. The van der Waals surface area contributed by atoms with Gasteiger partial charge < -0.3 is 30.9 Å². The van der Waals surface area contributed by atoms with E-state index in [1.54, 1.807) is 0 Å². The van der Waals surface area contributed by atoms with Crippen molar-refractivity contribution in [2.75, 3.05) is 6.61 Å². The average Bonchev–Trinajstić information content (AvgIpc) is 2.18. The van der Waals surface area contributed by atoms with E-state index in [0.717, 1.165) is 0 Å². The van der Waals surface area contributed by atoms with Gasteiger partial charge in [0.25, 0.3) is 0 Å². The lowest BCUT2D eigenvalue weighted by molar-refractivity contribution is -0.248. The molecule has 10 nitrogen and oxygen atoms in total. The van der Waals surface area contributed by atoms with Crippen molar-refractivity contribution in [3.63, 3.8) is 0 Å². The van der Waals surface area contributed by atoms with Gasteiger partial charge in [-0.25, -0.2) is 0 Å². The molecule has 0 aromatic carbocycles. The molecule has 1 unspecified atom stereocenters. The highest BCUT2D eigenvalue weighted by molar-refractivity contribution is 7.79. The summed E-state index contributed by atoms with van der Waals surface area (Å²) in [6.07, 6.45) is -4.85. The van der Waals surface area contributed by atoms with E-state index in [-0.39, 0.29) is 12.4 Å². The molecule has 1 aliphatic rings. The fourth-order valence-corrected chi connectivity index (χ4v) is 1.12. The minimum Gasteiger partial charge on any atom is -0.394 e. The summed E-state index contributed by atoms with van der Waals surface area (Å²) in [7, 11) is -4.67. The van der Waals surface area contributed by atoms with Crippen LogP contribution in [0, 0.1) is 0 Å². The van der Waals surface area contributed by atoms with Crippen LogP contribution in [0.1, 0.15) is 0 Å². The molecule has 1 fully saturated rings. The molecule has 0 saturated carbocycles. The van der Waals surface area contributed by atoms with E-state index < -0.39 is 47.6 Å². The van der Waals surface area contributed by atoms with Gasteiger partial charge in [0, 0.05) is 0 Å². The lowest BCUT2D eigenvalue weighted by Crippen LogP contribution is -2.61. The normalized spacial score (nSPS) is 36.1. The second-order valence-corrected chi connectivity index (χ2v) is 4.15. The molecule has 0 bridgehead atoms. The Hall–Kier alpha value is -0.0800. The fourth-order valence-electron chi connectivity index (χ4n) is 1.12. The Balaban J connectivity index is 0. The topological polar surface area (TPSA) is 191 Å². The molecule has 0 aromatic rings. The van der Waals surface area contributed by atoms with Gasteiger partial charge in [-0.1, -0.05) is 0 Å². The molecule has 8 N–H and O–H groups in total. The summed E-state index contributed by atoms with van der Waals surface area (Å²) in [6, 6.07) is -1.04. The molecular weight excluding hydrogens is 298 g/mol. The molecule has 12 heteroatoms. The molecule has 1 saturated heterocycles. The van der Waals surface area contributed by atoms with Crippen molar-refractivity contribution in [3.05, 3.63) is 0 Å². The quantitative estimate of drug-likeness (QED) is 0.239. The first-order valence-electron chi connectivity index (χ1n) is 4.34. The van der Waals surface area contributed by atoms with Gasteiger partial charge in [-0.2, -0.15) is 8.42 Å². The van der Waals surface area contributed by atoms with Gasteiger partial charge in [-0.05, 0) is 0 Å². The zero-order chi connectivity index (χ0) is 13.8. The number of halogens is 1. The van der Waals surface area contributed by atoms with Gasteiger partial charge in [0.05, 0.1) is 12.6 Å². The SMILES string of the molecule is Cl.N[C@H]1C(O)O[C@H](CO)[C@@H](O)[C@@H]1O.O=S(=O)(O)O. The van der Waals surface area contributed by atoms with Crippen LogP contribution in [0.2, 0.25) is 0 Å². The van der Waals surface area contributed by atoms with Crippen molar-refractivity contribution < 1.29 is 42.7 Å². The Kier molecular flexibility index (Phi) is 9.18. The Labute approximate surface area is 109 Å². The van der Waals surface area contributed by atoms with Crippen LogP contribution in [-0.4, -0.2) is 75.2 Å². The van der Waals surface area contributed by atoms with Crippen LogP contribution in [0.25, 0.3) is 0 Å². The summed E-state index contributed by atoms with van der Waals surface area (Å²) in [5, 5.41) is 36.1. The number of rotatable bonds is 1. The van der Waals surface area contributed by atoms with Crippen molar-refractivity contribution in [1.82, 2.24) is 0 Å². The number of aliphatic hydroxyl groups is 4. The zero-order valence-electron chi connectivity index (χ0n) is 8.90. The maximum absolute atomic E-state index is 9.20. The van der Waals surface area contributed by atoms with Crippen LogP contribution < -0.4 is 5.73 Å². The molecule has 1 aliphatic heterocycles. The van der Waals surface area contributed by atoms with Gasteiger partial charge in [-0.15, -0.1) is 12.4 Å². The van der Waals surface area contributed by atoms with E-state index in [1.165, 1.54) is 0 Å². The molecule has 1 rings (SSSR count). The van der Waals surface area contributed by atoms with Crippen molar-refractivity contribution in [1.29, 1.82) is 0 Å². The molecule has 0 amide bonds. The Bertz CT molecular complexity index is 312. The van der Waals surface area contributed by atoms with E-state index in [9.17, 15) is 10.2 Å². The molecule has 0 radical (unpaired) electrons. The number of nitrogens with two attached hydrogens (primary N) is 1. The van der Waals surface area contributed by atoms with Gasteiger partial charge in [0.1, 0.15) is 18.3 Å². The average molecular weight is 314 g/mol. The second-order valence-electron chi connectivity index (χ2n) is 3.25. The van der Waals surface area contributed by atoms with Crippen molar-refractivity contribution in [3.8, 4) is 0 Å². The predicted molar refractivity (Wildman–Crippen MR) is 59.4 cm³/mol. The second kappa shape index (κ2) is 8.16. The van der Waals surface area contributed by atoms with Gasteiger partial charge in [0.15, 0.2) is 6.29 Å². The highest BCUT2D eigenvalue weighted by Gasteiger charge is 2.41. The molecule has 0 aliphatic carbocycles. The van der Waals surface area contributed by atoms with Crippen molar-refractivity contribution in [2.45, 2.75) is 30.6 Å². The summed E-state index contributed by atoms with van der Waals surface area (Å²) in [6.45, 7) is -0.470. The monoisotopic (exact) mass is 313 g/mol. The summed E-state index contributed by atoms with van der Waals surface area (Å²) in [5.74, 6) is 0. The smallest absolute Gasteiger partial charge is 0.394 e. The summed E-state index contributed by atoms with van der Waals surface area (Å²) in [5.41, 5.74) is 5.26. The summed E-state index contributed by atoms with van der Waals surface area (Å²) >= 11 is 0. The van der Waals surface area contributed by atoms with Crippen LogP contribution in [0.3, 0.4) is 0 Å². The maximum atomic E-state index is 9.20. The first-order chi connectivity index (χ1) is 7.57. The third kappa shape index (κ3) is 7.38. The Morgan fingerprint density at radius 2 is 1.50 bits per heavy atom. The van der Waals surface area contributed by atoms with Crippen molar-refractivity contribution >= 4 is 22.8 Å². The number of hydrogen-bond donors (Lipinski definition) is 7. The molecule has 0 spiro atoms. The standard InChI is InChI=1S/C6H13NO5.ClH.H2O4S/c7-3-5(10)4(9)2(1-8)12-6(3)11;;1-5(2,3)4/h2-6,8-11H,1,7H2;1H;(H2,1,2,3,4)/t2-,3-,4-,5-,6?;;/m1../s1. The highest BCUT2D eigenvalue weighted by Crippen LogP contribution is 2.17. The fraction of sp³-hybridized carbons (Fsp3) is 1.00. The minimum atomic E-state index is -4.67. The van der Waals surface area contributed by atoms with Crippen molar-refractivity contribution in [2.24, 2.45) is 5.73 Å². The number of ether oxygens (including phenoxy) is 1. The van der Waals surface area contributed by atoms with E-state index >= 15 is 0 Å². The first kappa shape index (κ1) is 20.2. The highest BCUT2D eigenvalue weighted by atomic mass is 35.5. The van der Waals surface area contributed by atoms with Gasteiger partial charge in [0.2, 0.25) is 0 Å². The lowest BCUT2D eigenvalue weighted by Gasteiger charge is -2.38. The van der Waals surface area contributed by atoms with Gasteiger partial charge >= 0.3 is 10.4 Å². The van der Waals surface area contributed by atoms with Crippen LogP contribution in [0.15, 0.2) is 0 Å². The van der Waals surface area contributed by atoms with E-state index in [0.29, 0.717) is 0 Å². The lowest BCUT2D eigenvalue weighted by atomic mass is 9.98. The molecule has 112 valence electrons. The Morgan fingerprint density at radius 1 is 1.11 bits per heavy atom. The summed E-state index contributed by atoms with van der Waals surface area (Å²) < 4.78 is 36.3. The Morgan fingerprint density at radius 3 is 1.83 bits per heavy atom. The van der Waals surface area contributed by atoms with Gasteiger partial charge in [-0.3, -0.25) is 9.11 Å². The predicted octanol–water partition coefficient (Wildman–Crippen LogP) is -3.49. The molecule has 5 atom stereocenters.